The van der Waals surface area contributed by atoms with Gasteiger partial charge in [0.25, 0.3) is 0 Å². The molecular weight excluding hydrogens is 244 g/mol. The zero-order chi connectivity index (χ0) is 13.6. The Kier molecular flexibility index (Phi) is 5.63. The summed E-state index contributed by atoms with van der Waals surface area (Å²) in [5.74, 6) is 0.734. The van der Waals surface area contributed by atoms with Gasteiger partial charge in [0.15, 0.2) is 5.12 Å². The van der Waals surface area contributed by atoms with Crippen molar-refractivity contribution in [1.29, 1.82) is 0 Å². The number of hydrogen-bond acceptors (Lipinski definition) is 3. The van der Waals surface area contributed by atoms with E-state index in [-0.39, 0.29) is 5.12 Å². The molecule has 1 N–H and O–H groups in total. The van der Waals surface area contributed by atoms with Crippen LogP contribution in [0.25, 0.3) is 6.08 Å². The fraction of sp³-hybridized carbons (Fsp3) is 0.400. The van der Waals surface area contributed by atoms with Crippen molar-refractivity contribution in [1.82, 2.24) is 0 Å². The fourth-order valence-electron chi connectivity index (χ4n) is 1.44. The molecule has 98 valence electrons. The van der Waals surface area contributed by atoms with E-state index in [0.717, 1.165) is 11.3 Å². The van der Waals surface area contributed by atoms with Crippen LogP contribution in [0.1, 0.15) is 26.3 Å². The highest BCUT2D eigenvalue weighted by molar-refractivity contribution is 8.13. The second kappa shape index (κ2) is 6.76. The molecule has 0 heterocycles. The minimum Gasteiger partial charge on any atom is -0.388 e. The van der Waals surface area contributed by atoms with E-state index in [9.17, 15) is 9.90 Å². The van der Waals surface area contributed by atoms with Gasteiger partial charge >= 0.3 is 0 Å². The van der Waals surface area contributed by atoms with Crippen molar-refractivity contribution < 1.29 is 9.90 Å². The summed E-state index contributed by atoms with van der Waals surface area (Å²) in [5, 5.41) is 10.1. The highest BCUT2D eigenvalue weighted by Crippen LogP contribution is 2.29. The van der Waals surface area contributed by atoms with Gasteiger partial charge in [0.2, 0.25) is 0 Å². The normalized spacial score (nSPS) is 13.8. The SMILES string of the molecule is CCSC(=O)C(C)(C)C(O)/C=C/c1ccccc1. The number of hydrogen-bond donors (Lipinski definition) is 1. The topological polar surface area (TPSA) is 37.3 Å². The van der Waals surface area contributed by atoms with E-state index in [0.29, 0.717) is 0 Å². The predicted octanol–water partition coefficient (Wildman–Crippen LogP) is 3.37. The lowest BCUT2D eigenvalue weighted by Gasteiger charge is -2.26. The van der Waals surface area contributed by atoms with Gasteiger partial charge in [-0.15, -0.1) is 0 Å². The number of carbonyl (C=O) groups is 1. The number of benzene rings is 1. The molecule has 0 aliphatic rings. The van der Waals surface area contributed by atoms with E-state index in [1.165, 1.54) is 11.8 Å². The summed E-state index contributed by atoms with van der Waals surface area (Å²) in [4.78, 5) is 11.9. The Morgan fingerprint density at radius 2 is 2.00 bits per heavy atom. The summed E-state index contributed by atoms with van der Waals surface area (Å²) in [6.07, 6.45) is 2.75. The molecule has 0 fully saturated rings. The van der Waals surface area contributed by atoms with Crippen molar-refractivity contribution in [3.8, 4) is 0 Å². The first-order chi connectivity index (χ1) is 8.48. The van der Waals surface area contributed by atoms with Gasteiger partial charge in [-0.25, -0.2) is 0 Å². The molecule has 2 nitrogen and oxygen atoms in total. The van der Waals surface area contributed by atoms with E-state index >= 15 is 0 Å². The largest absolute Gasteiger partial charge is 0.388 e. The molecule has 1 atom stereocenters. The van der Waals surface area contributed by atoms with Crippen LogP contribution in [0.15, 0.2) is 36.4 Å². The van der Waals surface area contributed by atoms with Crippen molar-refractivity contribution in [3.63, 3.8) is 0 Å². The Morgan fingerprint density at radius 3 is 2.56 bits per heavy atom. The van der Waals surface area contributed by atoms with Crippen LogP contribution in [0, 0.1) is 5.41 Å². The molecule has 0 aliphatic heterocycles. The standard InChI is InChI=1S/C15H20O2S/c1-4-18-14(17)15(2,3)13(16)11-10-12-8-6-5-7-9-12/h5-11,13,16H,4H2,1-3H3/b11-10+. The number of aliphatic hydroxyl groups is 1. The summed E-state index contributed by atoms with van der Waals surface area (Å²) in [7, 11) is 0. The van der Waals surface area contributed by atoms with Crippen molar-refractivity contribution in [3.05, 3.63) is 42.0 Å². The summed E-state index contributed by atoms with van der Waals surface area (Å²) in [6.45, 7) is 5.49. The zero-order valence-electron chi connectivity index (χ0n) is 11.1. The maximum absolute atomic E-state index is 11.9. The van der Waals surface area contributed by atoms with Crippen LogP contribution in [0.4, 0.5) is 0 Å². The van der Waals surface area contributed by atoms with Crippen LogP contribution in [-0.2, 0) is 4.79 Å². The summed E-state index contributed by atoms with van der Waals surface area (Å²) in [6, 6.07) is 9.74. The first-order valence-corrected chi connectivity index (χ1v) is 7.05. The molecule has 0 bridgehead atoms. The molecule has 0 spiro atoms. The maximum Gasteiger partial charge on any atom is 0.197 e. The lowest BCUT2D eigenvalue weighted by molar-refractivity contribution is -0.122. The average Bonchev–Trinajstić information content (AvgIpc) is 2.37. The fourth-order valence-corrected chi connectivity index (χ4v) is 2.20. The lowest BCUT2D eigenvalue weighted by atomic mass is 9.87. The molecule has 3 heteroatoms. The summed E-state index contributed by atoms with van der Waals surface area (Å²) in [5.41, 5.74) is 0.259. The third-order valence-corrected chi connectivity index (χ3v) is 3.89. The minimum absolute atomic E-state index is 0.0233. The number of thioether (sulfide) groups is 1. The van der Waals surface area contributed by atoms with E-state index in [1.54, 1.807) is 19.9 Å². The predicted molar refractivity (Wildman–Crippen MR) is 78.4 cm³/mol. The van der Waals surface area contributed by atoms with Gasteiger partial charge in [-0.1, -0.05) is 61.2 Å². The van der Waals surface area contributed by atoms with Crippen molar-refractivity contribution >= 4 is 23.0 Å². The summed E-state index contributed by atoms with van der Waals surface area (Å²) >= 11 is 1.26. The number of rotatable bonds is 5. The molecule has 1 aromatic rings. The number of aliphatic hydroxyl groups excluding tert-OH is 1. The van der Waals surface area contributed by atoms with Gasteiger partial charge in [-0.3, -0.25) is 4.79 Å². The van der Waals surface area contributed by atoms with Gasteiger partial charge in [0.1, 0.15) is 0 Å². The molecule has 1 unspecified atom stereocenters. The first-order valence-electron chi connectivity index (χ1n) is 6.07. The maximum atomic E-state index is 11.9. The van der Waals surface area contributed by atoms with Gasteiger partial charge in [-0.2, -0.15) is 0 Å². The minimum atomic E-state index is -0.774. The van der Waals surface area contributed by atoms with Gasteiger partial charge in [0, 0.05) is 0 Å². The quantitative estimate of drug-likeness (QED) is 0.886. The molecule has 1 aromatic carbocycles. The van der Waals surface area contributed by atoms with Crippen molar-refractivity contribution in [2.45, 2.75) is 26.9 Å². The lowest BCUT2D eigenvalue weighted by Crippen LogP contribution is -2.34. The smallest absolute Gasteiger partial charge is 0.197 e. The van der Waals surface area contributed by atoms with Crippen molar-refractivity contribution in [2.24, 2.45) is 5.41 Å². The molecule has 0 saturated carbocycles. The van der Waals surface area contributed by atoms with Crippen LogP contribution in [-0.4, -0.2) is 22.1 Å². The van der Waals surface area contributed by atoms with Gasteiger partial charge in [0.05, 0.1) is 11.5 Å². The zero-order valence-corrected chi connectivity index (χ0v) is 11.9. The van der Waals surface area contributed by atoms with Crippen LogP contribution in [0.5, 0.6) is 0 Å². The molecule has 18 heavy (non-hydrogen) atoms. The third-order valence-electron chi connectivity index (χ3n) is 2.81. The molecular formula is C15H20O2S. The Hall–Kier alpha value is -1.06. The van der Waals surface area contributed by atoms with Crippen LogP contribution in [0.2, 0.25) is 0 Å². The number of carbonyl (C=O) groups excluding carboxylic acids is 1. The molecule has 0 radical (unpaired) electrons. The molecule has 0 amide bonds. The molecule has 1 rings (SSSR count). The molecule has 0 aromatic heterocycles. The Labute approximate surface area is 113 Å². The van der Waals surface area contributed by atoms with Gasteiger partial charge < -0.3 is 5.11 Å². The molecule has 0 saturated heterocycles. The average molecular weight is 264 g/mol. The highest BCUT2D eigenvalue weighted by Gasteiger charge is 2.33. The van der Waals surface area contributed by atoms with E-state index < -0.39 is 11.5 Å². The Morgan fingerprint density at radius 1 is 1.39 bits per heavy atom. The van der Waals surface area contributed by atoms with E-state index in [1.807, 2.05) is 43.3 Å². The summed E-state index contributed by atoms with van der Waals surface area (Å²) < 4.78 is 0. The first kappa shape index (κ1) is 15.0. The van der Waals surface area contributed by atoms with Gasteiger partial charge in [-0.05, 0) is 25.2 Å². The Bertz CT molecular complexity index is 410. The van der Waals surface area contributed by atoms with Crippen LogP contribution >= 0.6 is 11.8 Å². The van der Waals surface area contributed by atoms with Crippen LogP contribution in [0.3, 0.4) is 0 Å². The second-order valence-electron chi connectivity index (χ2n) is 4.66. The van der Waals surface area contributed by atoms with E-state index in [4.69, 9.17) is 0 Å². The molecule has 0 aliphatic carbocycles. The second-order valence-corrected chi connectivity index (χ2v) is 5.89. The highest BCUT2D eigenvalue weighted by atomic mass is 32.2. The monoisotopic (exact) mass is 264 g/mol. The van der Waals surface area contributed by atoms with E-state index in [2.05, 4.69) is 0 Å². The Balaban J connectivity index is 2.72. The van der Waals surface area contributed by atoms with Crippen LogP contribution < -0.4 is 0 Å². The third kappa shape index (κ3) is 4.00. The van der Waals surface area contributed by atoms with Crippen molar-refractivity contribution in [2.75, 3.05) is 5.75 Å².